The molecule has 74 valence electrons. The molecule has 5 nitrogen and oxygen atoms in total. The fourth-order valence-corrected chi connectivity index (χ4v) is 1.72. The SMILES string of the molecule is O=C(O)C1CCC(O)CC1C(=O)O. The minimum atomic E-state index is -1.13. The topological polar surface area (TPSA) is 94.8 Å². The van der Waals surface area contributed by atoms with Crippen molar-refractivity contribution in [1.29, 1.82) is 0 Å². The molecule has 0 amide bonds. The second-order valence-electron chi connectivity index (χ2n) is 3.36. The lowest BCUT2D eigenvalue weighted by molar-refractivity contribution is -0.157. The number of aliphatic hydroxyl groups is 1. The van der Waals surface area contributed by atoms with E-state index in [2.05, 4.69) is 0 Å². The van der Waals surface area contributed by atoms with Crippen LogP contribution in [0, 0.1) is 11.8 Å². The number of aliphatic hydroxyl groups excluding tert-OH is 1. The van der Waals surface area contributed by atoms with E-state index in [1.165, 1.54) is 0 Å². The summed E-state index contributed by atoms with van der Waals surface area (Å²) < 4.78 is 0. The van der Waals surface area contributed by atoms with Crippen LogP contribution in [0.15, 0.2) is 0 Å². The molecule has 0 aromatic carbocycles. The molecule has 0 aromatic rings. The van der Waals surface area contributed by atoms with Gasteiger partial charge in [0, 0.05) is 0 Å². The molecule has 0 spiro atoms. The summed E-state index contributed by atoms with van der Waals surface area (Å²) in [6.45, 7) is 0. The number of aliphatic carboxylic acids is 2. The van der Waals surface area contributed by atoms with Crippen molar-refractivity contribution in [2.45, 2.75) is 25.4 Å². The molecule has 1 rings (SSSR count). The Kier molecular flexibility index (Phi) is 2.87. The zero-order valence-corrected chi connectivity index (χ0v) is 7.01. The van der Waals surface area contributed by atoms with E-state index in [0.29, 0.717) is 6.42 Å². The highest BCUT2D eigenvalue weighted by Gasteiger charge is 2.38. The van der Waals surface area contributed by atoms with Crippen LogP contribution < -0.4 is 0 Å². The van der Waals surface area contributed by atoms with Crippen molar-refractivity contribution in [3.8, 4) is 0 Å². The maximum Gasteiger partial charge on any atom is 0.307 e. The van der Waals surface area contributed by atoms with Crippen molar-refractivity contribution >= 4 is 11.9 Å². The Labute approximate surface area is 75.0 Å². The van der Waals surface area contributed by atoms with Crippen LogP contribution >= 0.6 is 0 Å². The lowest BCUT2D eigenvalue weighted by Crippen LogP contribution is -2.37. The summed E-state index contributed by atoms with van der Waals surface area (Å²) in [5.74, 6) is -4.01. The van der Waals surface area contributed by atoms with E-state index in [1.54, 1.807) is 0 Å². The van der Waals surface area contributed by atoms with Crippen LogP contribution in [0.5, 0.6) is 0 Å². The molecular formula is C8H12O5. The Hall–Kier alpha value is -1.10. The van der Waals surface area contributed by atoms with Crippen LogP contribution in [0.4, 0.5) is 0 Å². The molecule has 0 heterocycles. The Morgan fingerprint density at radius 3 is 2.00 bits per heavy atom. The second-order valence-corrected chi connectivity index (χ2v) is 3.36. The highest BCUT2D eigenvalue weighted by Crippen LogP contribution is 2.30. The molecule has 3 N–H and O–H groups in total. The molecule has 1 fully saturated rings. The number of carboxylic acid groups (broad SMARTS) is 2. The standard InChI is InChI=1S/C8H12O5/c9-4-1-2-5(7(10)11)6(3-4)8(12)13/h4-6,9H,1-3H2,(H,10,11)(H,12,13). The van der Waals surface area contributed by atoms with Gasteiger partial charge in [-0.05, 0) is 19.3 Å². The maximum absolute atomic E-state index is 10.6. The van der Waals surface area contributed by atoms with E-state index >= 15 is 0 Å². The first-order chi connectivity index (χ1) is 6.02. The summed E-state index contributed by atoms with van der Waals surface area (Å²) in [5.41, 5.74) is 0. The van der Waals surface area contributed by atoms with Gasteiger partial charge < -0.3 is 15.3 Å². The summed E-state index contributed by atoms with van der Waals surface area (Å²) in [6.07, 6.45) is -0.00255. The van der Waals surface area contributed by atoms with Crippen LogP contribution in [0.1, 0.15) is 19.3 Å². The average Bonchev–Trinajstić information content (AvgIpc) is 2.03. The number of carboxylic acids is 2. The summed E-state index contributed by atoms with van der Waals surface area (Å²) in [7, 11) is 0. The molecule has 3 unspecified atom stereocenters. The predicted molar refractivity (Wildman–Crippen MR) is 42.1 cm³/mol. The zero-order valence-electron chi connectivity index (χ0n) is 7.01. The zero-order chi connectivity index (χ0) is 10.0. The van der Waals surface area contributed by atoms with E-state index in [1.807, 2.05) is 0 Å². The molecule has 1 aliphatic carbocycles. The highest BCUT2D eigenvalue weighted by atomic mass is 16.4. The van der Waals surface area contributed by atoms with E-state index in [4.69, 9.17) is 10.2 Å². The van der Waals surface area contributed by atoms with Crippen molar-refractivity contribution in [3.05, 3.63) is 0 Å². The van der Waals surface area contributed by atoms with Crippen molar-refractivity contribution in [2.75, 3.05) is 0 Å². The normalized spacial score (nSPS) is 34.1. The minimum absolute atomic E-state index is 0.0479. The highest BCUT2D eigenvalue weighted by molar-refractivity contribution is 5.80. The van der Waals surface area contributed by atoms with Gasteiger partial charge in [0.1, 0.15) is 0 Å². The lowest BCUT2D eigenvalue weighted by Gasteiger charge is -2.28. The largest absolute Gasteiger partial charge is 0.481 e. The average molecular weight is 188 g/mol. The molecule has 13 heavy (non-hydrogen) atoms. The van der Waals surface area contributed by atoms with Crippen LogP contribution in [0.3, 0.4) is 0 Å². The first-order valence-electron chi connectivity index (χ1n) is 4.16. The molecule has 0 saturated heterocycles. The summed E-state index contributed by atoms with van der Waals surface area (Å²) in [5, 5.41) is 26.6. The third-order valence-electron chi connectivity index (χ3n) is 2.46. The fraction of sp³-hybridized carbons (Fsp3) is 0.750. The van der Waals surface area contributed by atoms with Gasteiger partial charge in [-0.1, -0.05) is 0 Å². The molecule has 0 bridgehead atoms. The Balaban J connectivity index is 2.72. The summed E-state index contributed by atoms with van der Waals surface area (Å²) in [4.78, 5) is 21.3. The maximum atomic E-state index is 10.6. The van der Waals surface area contributed by atoms with Crippen molar-refractivity contribution < 1.29 is 24.9 Å². The van der Waals surface area contributed by atoms with E-state index in [9.17, 15) is 14.7 Å². The third kappa shape index (κ3) is 2.18. The quantitative estimate of drug-likeness (QED) is 0.564. The minimum Gasteiger partial charge on any atom is -0.481 e. The second kappa shape index (κ2) is 3.74. The fourth-order valence-electron chi connectivity index (χ4n) is 1.72. The van der Waals surface area contributed by atoms with Gasteiger partial charge in [-0.3, -0.25) is 9.59 Å². The Bertz CT molecular complexity index is 225. The molecule has 1 saturated carbocycles. The number of hydrogen-bond donors (Lipinski definition) is 3. The van der Waals surface area contributed by atoms with Gasteiger partial charge in [0.2, 0.25) is 0 Å². The predicted octanol–water partition coefficient (Wildman–Crippen LogP) is -0.0672. The Morgan fingerprint density at radius 1 is 1.00 bits per heavy atom. The molecule has 5 heteroatoms. The molecule has 0 radical (unpaired) electrons. The molecular weight excluding hydrogens is 176 g/mol. The first-order valence-corrected chi connectivity index (χ1v) is 4.16. The summed E-state index contributed by atoms with van der Waals surface area (Å²) in [6, 6.07) is 0. The van der Waals surface area contributed by atoms with E-state index in [0.717, 1.165) is 0 Å². The number of hydrogen-bond acceptors (Lipinski definition) is 3. The van der Waals surface area contributed by atoms with Gasteiger partial charge in [-0.25, -0.2) is 0 Å². The molecule has 1 aliphatic rings. The van der Waals surface area contributed by atoms with E-state index < -0.39 is 29.9 Å². The van der Waals surface area contributed by atoms with Gasteiger partial charge in [0.25, 0.3) is 0 Å². The van der Waals surface area contributed by atoms with Gasteiger partial charge in [-0.2, -0.15) is 0 Å². The van der Waals surface area contributed by atoms with Crippen LogP contribution in [-0.2, 0) is 9.59 Å². The van der Waals surface area contributed by atoms with Gasteiger partial charge in [-0.15, -0.1) is 0 Å². The summed E-state index contributed by atoms with van der Waals surface area (Å²) >= 11 is 0. The smallest absolute Gasteiger partial charge is 0.307 e. The number of rotatable bonds is 2. The molecule has 0 aliphatic heterocycles. The van der Waals surface area contributed by atoms with Gasteiger partial charge >= 0.3 is 11.9 Å². The van der Waals surface area contributed by atoms with Crippen molar-refractivity contribution in [2.24, 2.45) is 11.8 Å². The first kappa shape index (κ1) is 9.98. The molecule has 0 aromatic heterocycles. The van der Waals surface area contributed by atoms with Crippen molar-refractivity contribution in [1.82, 2.24) is 0 Å². The lowest BCUT2D eigenvalue weighted by atomic mass is 9.78. The third-order valence-corrected chi connectivity index (χ3v) is 2.46. The number of carbonyl (C=O) groups is 2. The van der Waals surface area contributed by atoms with Crippen LogP contribution in [-0.4, -0.2) is 33.4 Å². The van der Waals surface area contributed by atoms with Crippen molar-refractivity contribution in [3.63, 3.8) is 0 Å². The van der Waals surface area contributed by atoms with Crippen LogP contribution in [0.2, 0.25) is 0 Å². The van der Waals surface area contributed by atoms with E-state index in [-0.39, 0.29) is 12.8 Å². The van der Waals surface area contributed by atoms with Gasteiger partial charge in [0.15, 0.2) is 0 Å². The molecule has 3 atom stereocenters. The Morgan fingerprint density at radius 2 is 1.54 bits per heavy atom. The van der Waals surface area contributed by atoms with Crippen LogP contribution in [0.25, 0.3) is 0 Å². The van der Waals surface area contributed by atoms with Gasteiger partial charge in [0.05, 0.1) is 17.9 Å². The monoisotopic (exact) mass is 188 g/mol.